The van der Waals surface area contributed by atoms with Crippen LogP contribution in [0.25, 0.3) is 0 Å². The second-order valence-corrected chi connectivity index (χ2v) is 14.3. The molecular formula is C21H38N2O9P2S. The van der Waals surface area contributed by atoms with Crippen LogP contribution in [0.5, 0.6) is 5.75 Å². The van der Waals surface area contributed by atoms with Crippen LogP contribution in [0.1, 0.15) is 57.6 Å². The lowest BCUT2D eigenvalue weighted by Crippen LogP contribution is -2.48. The third-order valence-corrected chi connectivity index (χ3v) is 10.3. The minimum absolute atomic E-state index is 0.0534. The van der Waals surface area contributed by atoms with Gasteiger partial charge in [-0.2, -0.15) is 0 Å². The fourth-order valence-electron chi connectivity index (χ4n) is 4.38. The Morgan fingerprint density at radius 2 is 1.83 bits per heavy atom. The summed E-state index contributed by atoms with van der Waals surface area (Å²) in [7, 11) is -11.1. The summed E-state index contributed by atoms with van der Waals surface area (Å²) in [6.45, 7) is 5.60. The number of unbranched alkanes of at least 4 members (excludes halogenated alkanes) is 1. The van der Waals surface area contributed by atoms with E-state index in [0.29, 0.717) is 29.8 Å². The summed E-state index contributed by atoms with van der Waals surface area (Å²) in [6, 6.07) is 3.06. The molecule has 4 N–H and O–H groups in total. The second-order valence-electron chi connectivity index (χ2n) is 8.95. The number of nitrogens with zero attached hydrogens (tertiary/aromatic N) is 1. The van der Waals surface area contributed by atoms with E-state index in [-0.39, 0.29) is 23.8 Å². The van der Waals surface area contributed by atoms with Crippen LogP contribution in [0.15, 0.2) is 17.0 Å². The van der Waals surface area contributed by atoms with Crippen molar-refractivity contribution in [2.45, 2.75) is 70.0 Å². The Morgan fingerprint density at radius 3 is 2.37 bits per heavy atom. The molecule has 35 heavy (non-hydrogen) atoms. The van der Waals surface area contributed by atoms with Crippen molar-refractivity contribution >= 4 is 25.0 Å². The van der Waals surface area contributed by atoms with Gasteiger partial charge in [-0.3, -0.25) is 14.0 Å². The molecule has 0 saturated heterocycles. The van der Waals surface area contributed by atoms with E-state index in [0.717, 1.165) is 24.2 Å². The fraction of sp³-hybridized carbons (Fsp3) is 0.714. The van der Waals surface area contributed by atoms with E-state index in [1.54, 1.807) is 6.07 Å². The molecule has 0 spiro atoms. The number of sulfone groups is 1. The molecule has 0 amide bonds. The molecule has 1 aliphatic heterocycles. The lowest BCUT2D eigenvalue weighted by atomic mass is 9.91. The van der Waals surface area contributed by atoms with Gasteiger partial charge in [-0.15, -0.1) is 0 Å². The number of ether oxygens (including phenoxy) is 1. The standard InChI is InChI=1S/C21H38N2O9P2S/c1-5-8-9-21(6-2)14-35(29,30)20-11-18(19(31-4)10-17(20)12-22-21)13-23(15-33(24,25)26)16-34(27,28)32-7-3/h10-11,22H,5-9,12-16H2,1-4H3,(H,27,28)(H2,24,25,26)/t21-/m1/s1. The van der Waals surface area contributed by atoms with Gasteiger partial charge in [0.05, 0.1) is 24.4 Å². The van der Waals surface area contributed by atoms with Crippen LogP contribution >= 0.6 is 15.2 Å². The lowest BCUT2D eigenvalue weighted by molar-refractivity contribution is 0.234. The van der Waals surface area contributed by atoms with Gasteiger partial charge >= 0.3 is 15.2 Å². The first-order valence-corrected chi connectivity index (χ1v) is 16.8. The normalized spacial score (nSPS) is 21.8. The van der Waals surface area contributed by atoms with E-state index in [2.05, 4.69) is 12.2 Å². The number of fused-ring (bicyclic) bond motifs is 1. The molecule has 11 nitrogen and oxygen atoms in total. The molecule has 1 aromatic rings. The molecule has 2 atom stereocenters. The Morgan fingerprint density at radius 1 is 1.14 bits per heavy atom. The summed E-state index contributed by atoms with van der Waals surface area (Å²) in [5.74, 6) is 0.246. The second kappa shape index (κ2) is 12.2. The van der Waals surface area contributed by atoms with Crippen molar-refractivity contribution in [3.8, 4) is 5.75 Å². The molecule has 0 radical (unpaired) electrons. The van der Waals surface area contributed by atoms with E-state index in [1.165, 1.54) is 20.1 Å². The number of benzene rings is 1. The highest BCUT2D eigenvalue weighted by molar-refractivity contribution is 7.91. The Kier molecular flexibility index (Phi) is 10.6. The SMILES string of the molecule is CCCC[C@]1(CC)CS(=O)(=O)c2cc(CN(CP(=O)(O)O)CP(=O)(O)OCC)c(OC)cc2CN1. The first kappa shape index (κ1) is 30.4. The van der Waals surface area contributed by atoms with Gasteiger partial charge < -0.3 is 29.3 Å². The summed E-state index contributed by atoms with van der Waals surface area (Å²) < 4.78 is 61.3. The van der Waals surface area contributed by atoms with Crippen molar-refractivity contribution in [1.82, 2.24) is 10.2 Å². The predicted molar refractivity (Wildman–Crippen MR) is 133 cm³/mol. The van der Waals surface area contributed by atoms with Crippen molar-refractivity contribution < 1.29 is 41.5 Å². The van der Waals surface area contributed by atoms with Crippen LogP contribution in [0.3, 0.4) is 0 Å². The molecule has 14 heteroatoms. The van der Waals surface area contributed by atoms with Gasteiger partial charge in [0.1, 0.15) is 18.3 Å². The maximum absolute atomic E-state index is 13.5. The van der Waals surface area contributed by atoms with E-state index in [4.69, 9.17) is 9.26 Å². The Bertz CT molecular complexity index is 1080. The fourth-order valence-corrected chi connectivity index (χ4v) is 8.64. The lowest BCUT2D eigenvalue weighted by Gasteiger charge is -2.32. The van der Waals surface area contributed by atoms with Crippen molar-refractivity contribution in [1.29, 1.82) is 0 Å². The van der Waals surface area contributed by atoms with Crippen molar-refractivity contribution in [3.63, 3.8) is 0 Å². The molecule has 0 fully saturated rings. The Hall–Kier alpha value is -0.810. The summed E-state index contributed by atoms with van der Waals surface area (Å²) in [5, 5.41) is 3.44. The number of nitrogens with one attached hydrogen (secondary N) is 1. The van der Waals surface area contributed by atoms with Crippen LogP contribution < -0.4 is 10.1 Å². The monoisotopic (exact) mass is 556 g/mol. The maximum atomic E-state index is 13.5. The molecule has 0 aliphatic carbocycles. The molecule has 1 aromatic carbocycles. The van der Waals surface area contributed by atoms with E-state index in [9.17, 15) is 32.2 Å². The smallest absolute Gasteiger partial charge is 0.342 e. The molecule has 202 valence electrons. The van der Waals surface area contributed by atoms with Gasteiger partial charge in [0.15, 0.2) is 9.84 Å². The zero-order valence-corrected chi connectivity index (χ0v) is 23.4. The molecule has 1 aliphatic rings. The topological polar surface area (TPSA) is 163 Å². The average molecular weight is 557 g/mol. The maximum Gasteiger partial charge on any atom is 0.342 e. The molecule has 0 bridgehead atoms. The zero-order chi connectivity index (χ0) is 26.5. The number of hydrogen-bond acceptors (Lipinski definition) is 8. The average Bonchev–Trinajstić information content (AvgIpc) is 2.84. The Balaban J connectivity index is 2.50. The minimum Gasteiger partial charge on any atom is -0.496 e. The van der Waals surface area contributed by atoms with Gasteiger partial charge in [0, 0.05) is 24.2 Å². The van der Waals surface area contributed by atoms with Crippen LogP contribution in [-0.4, -0.2) is 65.6 Å². The quantitative estimate of drug-likeness (QED) is 0.264. The molecule has 0 saturated carbocycles. The first-order valence-electron chi connectivity index (χ1n) is 11.6. The zero-order valence-electron chi connectivity index (χ0n) is 20.8. The van der Waals surface area contributed by atoms with E-state index >= 15 is 0 Å². The van der Waals surface area contributed by atoms with Crippen LogP contribution in [0.4, 0.5) is 0 Å². The van der Waals surface area contributed by atoms with Crippen molar-refractivity contribution in [3.05, 3.63) is 23.3 Å². The van der Waals surface area contributed by atoms with Gasteiger partial charge in [-0.25, -0.2) is 8.42 Å². The van der Waals surface area contributed by atoms with Gasteiger partial charge in [0.25, 0.3) is 0 Å². The number of methoxy groups -OCH3 is 1. The molecule has 2 rings (SSSR count). The highest BCUT2D eigenvalue weighted by Crippen LogP contribution is 2.46. The minimum atomic E-state index is -4.61. The summed E-state index contributed by atoms with van der Waals surface area (Å²) >= 11 is 0. The summed E-state index contributed by atoms with van der Waals surface area (Å²) in [4.78, 5) is 30.3. The largest absolute Gasteiger partial charge is 0.496 e. The first-order chi connectivity index (χ1) is 16.2. The third-order valence-electron chi connectivity index (χ3n) is 6.09. The molecular weight excluding hydrogens is 518 g/mol. The van der Waals surface area contributed by atoms with Crippen LogP contribution in [0.2, 0.25) is 0 Å². The summed E-state index contributed by atoms with van der Waals surface area (Å²) in [6.07, 6.45) is 1.74. The number of hydrogen-bond donors (Lipinski definition) is 4. The van der Waals surface area contributed by atoms with Crippen LogP contribution in [-0.2, 0) is 36.6 Å². The predicted octanol–water partition coefficient (Wildman–Crippen LogP) is 3.03. The van der Waals surface area contributed by atoms with Gasteiger partial charge in [0.2, 0.25) is 0 Å². The van der Waals surface area contributed by atoms with E-state index in [1.807, 2.05) is 6.92 Å². The van der Waals surface area contributed by atoms with Gasteiger partial charge in [-0.1, -0.05) is 26.7 Å². The summed E-state index contributed by atoms with van der Waals surface area (Å²) in [5.41, 5.74) is 0.313. The van der Waals surface area contributed by atoms with Crippen LogP contribution in [0, 0.1) is 0 Å². The Labute approximate surface area is 207 Å². The molecule has 0 aromatic heterocycles. The van der Waals surface area contributed by atoms with Crippen molar-refractivity contribution in [2.75, 3.05) is 32.0 Å². The third kappa shape index (κ3) is 8.62. The molecule has 1 heterocycles. The van der Waals surface area contributed by atoms with E-state index < -0.39 is 43.1 Å². The number of rotatable bonds is 13. The van der Waals surface area contributed by atoms with Gasteiger partial charge in [-0.05, 0) is 37.5 Å². The molecule has 1 unspecified atom stereocenters. The highest BCUT2D eigenvalue weighted by Gasteiger charge is 2.38. The highest BCUT2D eigenvalue weighted by atomic mass is 32.2. The van der Waals surface area contributed by atoms with Crippen molar-refractivity contribution in [2.24, 2.45) is 0 Å².